The summed E-state index contributed by atoms with van der Waals surface area (Å²) in [5.41, 5.74) is 0.0665. The molecule has 0 radical (unpaired) electrons. The minimum Gasteiger partial charge on any atom is -0.370 e. The highest BCUT2D eigenvalue weighted by Gasteiger charge is 2.29. The summed E-state index contributed by atoms with van der Waals surface area (Å²) in [7, 11) is 0. The molecule has 19 heavy (non-hydrogen) atoms. The Labute approximate surface area is 124 Å². The van der Waals surface area contributed by atoms with E-state index in [1.54, 1.807) is 11.0 Å². The average molecular weight is 351 g/mol. The van der Waals surface area contributed by atoms with Crippen LogP contribution in [-0.4, -0.2) is 42.0 Å². The molecule has 2 atom stereocenters. The lowest BCUT2D eigenvalue weighted by Gasteiger charge is -2.36. The van der Waals surface area contributed by atoms with Crippen molar-refractivity contribution in [2.75, 3.05) is 19.0 Å². The van der Waals surface area contributed by atoms with Crippen LogP contribution in [-0.2, 0) is 4.74 Å². The Bertz CT molecular complexity index is 486. The molecule has 3 nitrogen and oxygen atoms in total. The number of halogens is 3. The molecular formula is C13H14BrClFNO2. The molecule has 0 aliphatic carbocycles. The van der Waals surface area contributed by atoms with Crippen molar-refractivity contribution >= 4 is 33.4 Å². The lowest BCUT2D eigenvalue weighted by Crippen LogP contribution is -2.50. The topological polar surface area (TPSA) is 29.5 Å². The number of hydrogen-bond donors (Lipinski definition) is 0. The molecule has 104 valence electrons. The van der Waals surface area contributed by atoms with Crippen LogP contribution < -0.4 is 0 Å². The minimum absolute atomic E-state index is 0.0665. The molecule has 1 fully saturated rings. The number of carbonyl (C=O) groups is 1. The lowest BCUT2D eigenvalue weighted by atomic mass is 10.1. The second kappa shape index (κ2) is 6.20. The van der Waals surface area contributed by atoms with Gasteiger partial charge >= 0.3 is 0 Å². The van der Waals surface area contributed by atoms with Gasteiger partial charge in [0.2, 0.25) is 0 Å². The molecule has 1 saturated heterocycles. The van der Waals surface area contributed by atoms with Crippen molar-refractivity contribution in [2.24, 2.45) is 0 Å². The van der Waals surface area contributed by atoms with E-state index in [4.69, 9.17) is 16.3 Å². The summed E-state index contributed by atoms with van der Waals surface area (Å²) < 4.78 is 20.0. The van der Waals surface area contributed by atoms with Crippen molar-refractivity contribution in [2.45, 2.75) is 19.1 Å². The summed E-state index contributed by atoms with van der Waals surface area (Å²) in [6.07, 6.45) is -0.304. The summed E-state index contributed by atoms with van der Waals surface area (Å²) in [4.78, 5) is 13.9. The fourth-order valence-corrected chi connectivity index (χ4v) is 2.66. The molecule has 1 aromatic rings. The van der Waals surface area contributed by atoms with E-state index >= 15 is 0 Å². The van der Waals surface area contributed by atoms with E-state index < -0.39 is 5.82 Å². The quantitative estimate of drug-likeness (QED) is 0.767. The van der Waals surface area contributed by atoms with Gasteiger partial charge in [0.05, 0.1) is 23.7 Å². The van der Waals surface area contributed by atoms with Crippen LogP contribution in [0.25, 0.3) is 0 Å². The predicted molar refractivity (Wildman–Crippen MR) is 75.1 cm³/mol. The molecule has 1 aliphatic rings. The van der Waals surface area contributed by atoms with Crippen molar-refractivity contribution in [3.8, 4) is 0 Å². The van der Waals surface area contributed by atoms with Crippen molar-refractivity contribution in [1.29, 1.82) is 0 Å². The number of morpholine rings is 1. The Hall–Kier alpha value is -0.650. The van der Waals surface area contributed by atoms with Gasteiger partial charge in [0.25, 0.3) is 5.91 Å². The number of hydrogen-bond acceptors (Lipinski definition) is 2. The van der Waals surface area contributed by atoms with Crippen molar-refractivity contribution in [3.63, 3.8) is 0 Å². The lowest BCUT2D eigenvalue weighted by molar-refractivity contribution is -0.0571. The molecule has 0 spiro atoms. The Morgan fingerprint density at radius 2 is 2.32 bits per heavy atom. The first-order chi connectivity index (χ1) is 9.01. The molecule has 0 saturated carbocycles. The Balaban J connectivity index is 2.21. The smallest absolute Gasteiger partial charge is 0.257 e. The SMILES string of the molecule is CC1CN(C(=O)c2cc(Br)ccc2F)CC(CCl)O1. The van der Waals surface area contributed by atoms with Crippen LogP contribution in [0.5, 0.6) is 0 Å². The maximum absolute atomic E-state index is 13.7. The zero-order valence-corrected chi connectivity index (χ0v) is 12.7. The van der Waals surface area contributed by atoms with E-state index in [1.165, 1.54) is 12.1 Å². The Morgan fingerprint density at radius 3 is 3.00 bits per heavy atom. The zero-order chi connectivity index (χ0) is 14.0. The summed E-state index contributed by atoms with van der Waals surface area (Å²) in [5.74, 6) is -0.534. The number of nitrogens with zero attached hydrogens (tertiary/aromatic N) is 1. The third-order valence-electron chi connectivity index (χ3n) is 2.94. The second-order valence-electron chi connectivity index (χ2n) is 4.56. The van der Waals surface area contributed by atoms with Crippen LogP contribution in [0.1, 0.15) is 17.3 Å². The molecule has 1 aromatic carbocycles. The van der Waals surface area contributed by atoms with Gasteiger partial charge in [0.15, 0.2) is 0 Å². The van der Waals surface area contributed by atoms with Crippen LogP contribution in [0.2, 0.25) is 0 Å². The molecule has 2 unspecified atom stereocenters. The van der Waals surface area contributed by atoms with Gasteiger partial charge in [-0.05, 0) is 25.1 Å². The number of carbonyl (C=O) groups excluding carboxylic acids is 1. The molecule has 0 bridgehead atoms. The predicted octanol–water partition coefficient (Wildman–Crippen LogP) is 3.06. The van der Waals surface area contributed by atoms with E-state index in [0.29, 0.717) is 23.4 Å². The third-order valence-corrected chi connectivity index (χ3v) is 3.78. The minimum atomic E-state index is -0.519. The number of alkyl halides is 1. The highest BCUT2D eigenvalue weighted by atomic mass is 79.9. The molecule has 1 amide bonds. The van der Waals surface area contributed by atoms with Crippen LogP contribution in [0, 0.1) is 5.82 Å². The molecule has 2 rings (SSSR count). The number of ether oxygens (including phenoxy) is 1. The number of amides is 1. The highest BCUT2D eigenvalue weighted by molar-refractivity contribution is 9.10. The van der Waals surface area contributed by atoms with Gasteiger partial charge in [-0.2, -0.15) is 0 Å². The summed E-state index contributed by atoms with van der Waals surface area (Å²) in [5, 5.41) is 0. The van der Waals surface area contributed by atoms with Gasteiger partial charge in [-0.25, -0.2) is 4.39 Å². The van der Waals surface area contributed by atoms with Crippen molar-refractivity contribution in [3.05, 3.63) is 34.1 Å². The number of benzene rings is 1. The van der Waals surface area contributed by atoms with Crippen LogP contribution in [0.3, 0.4) is 0 Å². The average Bonchev–Trinajstić information content (AvgIpc) is 2.40. The fourth-order valence-electron chi connectivity index (χ4n) is 2.13. The van der Waals surface area contributed by atoms with E-state index in [9.17, 15) is 9.18 Å². The van der Waals surface area contributed by atoms with E-state index in [0.717, 1.165) is 0 Å². The van der Waals surface area contributed by atoms with Gasteiger partial charge in [-0.1, -0.05) is 15.9 Å². The van der Waals surface area contributed by atoms with Gasteiger partial charge in [0.1, 0.15) is 5.82 Å². The van der Waals surface area contributed by atoms with Crippen LogP contribution in [0.15, 0.2) is 22.7 Å². The maximum atomic E-state index is 13.7. The van der Waals surface area contributed by atoms with Crippen molar-refractivity contribution in [1.82, 2.24) is 4.90 Å². The van der Waals surface area contributed by atoms with Crippen LogP contribution >= 0.6 is 27.5 Å². The normalized spacial score (nSPS) is 23.5. The van der Waals surface area contributed by atoms with E-state index in [2.05, 4.69) is 15.9 Å². The second-order valence-corrected chi connectivity index (χ2v) is 5.78. The van der Waals surface area contributed by atoms with Gasteiger partial charge < -0.3 is 9.64 Å². The summed E-state index contributed by atoms with van der Waals surface area (Å²) in [6, 6.07) is 4.34. The molecular weight excluding hydrogens is 337 g/mol. The summed E-state index contributed by atoms with van der Waals surface area (Å²) >= 11 is 9.02. The van der Waals surface area contributed by atoms with Gasteiger partial charge in [-0.3, -0.25) is 4.79 Å². The van der Waals surface area contributed by atoms with E-state index in [1.807, 2.05) is 6.92 Å². The Kier molecular flexibility index (Phi) is 4.81. The number of rotatable bonds is 2. The van der Waals surface area contributed by atoms with Crippen LogP contribution in [0.4, 0.5) is 4.39 Å². The van der Waals surface area contributed by atoms with Gasteiger partial charge in [-0.15, -0.1) is 11.6 Å². The fraction of sp³-hybridized carbons (Fsp3) is 0.462. The first-order valence-electron chi connectivity index (χ1n) is 5.97. The zero-order valence-electron chi connectivity index (χ0n) is 10.4. The standard InChI is InChI=1S/C13H14BrClFNO2/c1-8-6-17(7-10(5-15)19-8)13(18)11-4-9(14)2-3-12(11)16/h2-4,8,10H,5-7H2,1H3. The molecule has 0 N–H and O–H groups in total. The highest BCUT2D eigenvalue weighted by Crippen LogP contribution is 2.20. The van der Waals surface area contributed by atoms with Crippen molar-refractivity contribution < 1.29 is 13.9 Å². The third kappa shape index (κ3) is 3.46. The summed E-state index contributed by atoms with van der Waals surface area (Å²) in [6.45, 7) is 2.70. The molecule has 6 heteroatoms. The van der Waals surface area contributed by atoms with Gasteiger partial charge in [0, 0.05) is 17.6 Å². The maximum Gasteiger partial charge on any atom is 0.257 e. The Morgan fingerprint density at radius 1 is 1.58 bits per heavy atom. The molecule has 1 aliphatic heterocycles. The monoisotopic (exact) mass is 349 g/mol. The molecule has 0 aromatic heterocycles. The van der Waals surface area contributed by atoms with E-state index in [-0.39, 0.29) is 23.7 Å². The molecule has 1 heterocycles. The first kappa shape index (κ1) is 14.8. The first-order valence-corrected chi connectivity index (χ1v) is 7.29. The largest absolute Gasteiger partial charge is 0.370 e.